The second kappa shape index (κ2) is 7.20. The summed E-state index contributed by atoms with van der Waals surface area (Å²) in [4.78, 5) is 0. The molecule has 0 fully saturated rings. The van der Waals surface area contributed by atoms with Gasteiger partial charge in [-0.1, -0.05) is 54.6 Å². The van der Waals surface area contributed by atoms with Crippen molar-refractivity contribution in [1.29, 1.82) is 0 Å². The maximum atomic E-state index is 2.39. The lowest BCUT2D eigenvalue weighted by molar-refractivity contribution is -0.660. The van der Waals surface area contributed by atoms with E-state index < -0.39 is 0 Å². The summed E-state index contributed by atoms with van der Waals surface area (Å²) in [6.45, 7) is 2.26. The molecule has 0 N–H and O–H groups in total. The molecule has 0 atom stereocenters. The van der Waals surface area contributed by atoms with Gasteiger partial charge in [-0.25, -0.2) is 4.57 Å². The van der Waals surface area contributed by atoms with Gasteiger partial charge in [-0.15, -0.1) is 0 Å². The Morgan fingerprint density at radius 3 is 2.48 bits per heavy atom. The van der Waals surface area contributed by atoms with E-state index >= 15 is 0 Å². The summed E-state index contributed by atoms with van der Waals surface area (Å²) in [5.74, 6) is 0. The Bertz CT molecular complexity index is 1330. The zero-order valence-corrected chi connectivity index (χ0v) is 18.4. The van der Waals surface area contributed by atoms with E-state index in [9.17, 15) is 0 Å². The van der Waals surface area contributed by atoms with E-state index in [0.29, 0.717) is 0 Å². The van der Waals surface area contributed by atoms with Gasteiger partial charge in [-0.2, -0.15) is 0 Å². The van der Waals surface area contributed by atoms with E-state index in [2.05, 4.69) is 91.5 Å². The van der Waals surface area contributed by atoms with Crippen molar-refractivity contribution in [3.63, 3.8) is 0 Å². The normalized spacial score (nSPS) is 14.1. The molecule has 4 aromatic rings. The molecule has 0 amide bonds. The molecule has 2 aliphatic rings. The fraction of sp³-hybridized carbons (Fsp3) is 0.233. The number of hydrogen-bond donors (Lipinski definition) is 0. The van der Waals surface area contributed by atoms with Crippen molar-refractivity contribution >= 4 is 0 Å². The Kier molecular flexibility index (Phi) is 4.31. The first-order valence-electron chi connectivity index (χ1n) is 11.5. The van der Waals surface area contributed by atoms with Crippen molar-refractivity contribution in [2.24, 2.45) is 7.05 Å². The molecule has 31 heavy (non-hydrogen) atoms. The van der Waals surface area contributed by atoms with Gasteiger partial charge in [0.1, 0.15) is 7.05 Å². The molecule has 6 rings (SSSR count). The fourth-order valence-corrected chi connectivity index (χ4v) is 5.61. The minimum Gasteiger partial charge on any atom is -0.201 e. The standard InChI is InChI=1S/C30H28N/c1-20-13-14-26-25-12-6-10-22-9-4-3-7-21-8-5-11-23(17-21)24-15-16-31(2)29(18-24)30(20)28(26)19-27(22)25/h5-6,8,10-18H,3-4,7,9,19H2,1-2H3/q+1. The third-order valence-corrected chi connectivity index (χ3v) is 7.27. The van der Waals surface area contributed by atoms with Crippen LogP contribution in [0.15, 0.2) is 72.9 Å². The van der Waals surface area contributed by atoms with Gasteiger partial charge in [0.2, 0.25) is 5.69 Å². The van der Waals surface area contributed by atoms with Crippen LogP contribution in [-0.4, -0.2) is 0 Å². The lowest BCUT2D eigenvalue weighted by Gasteiger charge is -2.12. The largest absolute Gasteiger partial charge is 0.213 e. The van der Waals surface area contributed by atoms with Crippen molar-refractivity contribution in [2.75, 3.05) is 0 Å². The van der Waals surface area contributed by atoms with E-state index in [4.69, 9.17) is 0 Å². The molecule has 6 bridgehead atoms. The molecule has 0 aliphatic heterocycles. The number of aromatic nitrogens is 1. The van der Waals surface area contributed by atoms with Crippen molar-refractivity contribution in [3.05, 3.63) is 101 Å². The maximum absolute atomic E-state index is 2.39. The molecule has 0 unspecified atom stereocenters. The van der Waals surface area contributed by atoms with Crippen LogP contribution in [0, 0.1) is 6.92 Å². The van der Waals surface area contributed by atoms with Crippen LogP contribution in [0.25, 0.3) is 33.5 Å². The summed E-state index contributed by atoms with van der Waals surface area (Å²) in [5, 5.41) is 0. The Hall–Kier alpha value is -3.19. The van der Waals surface area contributed by atoms with Gasteiger partial charge in [0.15, 0.2) is 6.20 Å². The van der Waals surface area contributed by atoms with Gasteiger partial charge < -0.3 is 0 Å². The topological polar surface area (TPSA) is 3.88 Å². The van der Waals surface area contributed by atoms with Crippen LogP contribution in [-0.2, 0) is 26.3 Å². The first kappa shape index (κ1) is 18.6. The zero-order chi connectivity index (χ0) is 20.9. The lowest BCUT2D eigenvalue weighted by Crippen LogP contribution is -2.31. The SMILES string of the molecule is Cc1ccc2c3c1-c1cc(cc[n+]1C)-c1cccc(c1)CCCCc1cccc-2c1C3. The summed E-state index contributed by atoms with van der Waals surface area (Å²) in [6.07, 6.45) is 8.08. The average molecular weight is 403 g/mol. The summed E-state index contributed by atoms with van der Waals surface area (Å²) in [7, 11) is 2.18. The van der Waals surface area contributed by atoms with Crippen molar-refractivity contribution in [2.45, 2.75) is 39.0 Å². The molecular weight excluding hydrogens is 374 g/mol. The highest BCUT2D eigenvalue weighted by atomic mass is 14.9. The zero-order valence-electron chi connectivity index (χ0n) is 18.4. The smallest absolute Gasteiger partial charge is 0.201 e. The fourth-order valence-electron chi connectivity index (χ4n) is 5.61. The molecule has 0 saturated heterocycles. The van der Waals surface area contributed by atoms with Gasteiger partial charge in [0.05, 0.1) is 5.56 Å². The molecule has 1 heteroatoms. The summed E-state index contributed by atoms with van der Waals surface area (Å²) >= 11 is 0. The Balaban J connectivity index is 1.64. The number of pyridine rings is 1. The maximum Gasteiger partial charge on any atom is 0.213 e. The number of hydrogen-bond acceptors (Lipinski definition) is 0. The molecular formula is C30H28N+. The Labute approximate surface area is 185 Å². The van der Waals surface area contributed by atoms with Gasteiger partial charge in [-0.3, -0.25) is 0 Å². The number of nitrogens with zero attached hydrogens (tertiary/aromatic N) is 1. The molecule has 2 aliphatic carbocycles. The second-order valence-corrected chi connectivity index (χ2v) is 9.22. The predicted molar refractivity (Wildman–Crippen MR) is 128 cm³/mol. The monoisotopic (exact) mass is 402 g/mol. The summed E-state index contributed by atoms with van der Waals surface area (Å²) in [5.41, 5.74) is 15.6. The molecule has 0 spiro atoms. The van der Waals surface area contributed by atoms with Crippen LogP contribution >= 0.6 is 0 Å². The number of rotatable bonds is 0. The quantitative estimate of drug-likeness (QED) is 0.257. The molecule has 3 aromatic carbocycles. The number of benzene rings is 3. The van der Waals surface area contributed by atoms with Crippen molar-refractivity contribution < 1.29 is 4.57 Å². The molecule has 1 heterocycles. The highest BCUT2D eigenvalue weighted by molar-refractivity contribution is 5.86. The van der Waals surface area contributed by atoms with E-state index in [1.54, 1.807) is 11.1 Å². The van der Waals surface area contributed by atoms with Gasteiger partial charge in [0, 0.05) is 12.1 Å². The first-order valence-corrected chi connectivity index (χ1v) is 11.5. The van der Waals surface area contributed by atoms with Gasteiger partial charge in [0.25, 0.3) is 0 Å². The highest BCUT2D eigenvalue weighted by Gasteiger charge is 2.28. The molecule has 1 nitrogen and oxygen atoms in total. The number of fused-ring (bicyclic) bond motifs is 7. The second-order valence-electron chi connectivity index (χ2n) is 9.22. The third-order valence-electron chi connectivity index (χ3n) is 7.27. The summed E-state index contributed by atoms with van der Waals surface area (Å²) < 4.78 is 2.29. The Morgan fingerprint density at radius 2 is 1.55 bits per heavy atom. The molecule has 1 aromatic heterocycles. The Morgan fingerprint density at radius 1 is 0.742 bits per heavy atom. The van der Waals surface area contributed by atoms with Crippen LogP contribution in [0.5, 0.6) is 0 Å². The number of aryl methyl sites for hydroxylation is 4. The average Bonchev–Trinajstić information content (AvgIpc) is 3.16. The van der Waals surface area contributed by atoms with Crippen LogP contribution < -0.4 is 4.57 Å². The van der Waals surface area contributed by atoms with E-state index in [1.165, 1.54) is 69.5 Å². The van der Waals surface area contributed by atoms with Crippen molar-refractivity contribution in [1.82, 2.24) is 0 Å². The minimum absolute atomic E-state index is 1.05. The van der Waals surface area contributed by atoms with E-state index in [1.807, 2.05) is 0 Å². The van der Waals surface area contributed by atoms with E-state index in [-0.39, 0.29) is 0 Å². The van der Waals surface area contributed by atoms with Crippen molar-refractivity contribution in [3.8, 4) is 33.5 Å². The third kappa shape index (κ3) is 3.03. The summed E-state index contributed by atoms with van der Waals surface area (Å²) in [6, 6.07) is 25.4. The predicted octanol–water partition coefficient (Wildman–Crippen LogP) is 6.60. The highest BCUT2D eigenvalue weighted by Crippen LogP contribution is 2.44. The van der Waals surface area contributed by atoms with Crippen LogP contribution in [0.1, 0.15) is 40.7 Å². The minimum atomic E-state index is 1.05. The molecule has 0 radical (unpaired) electrons. The van der Waals surface area contributed by atoms with Crippen LogP contribution in [0.3, 0.4) is 0 Å². The first-order chi connectivity index (χ1) is 15.2. The molecule has 152 valence electrons. The van der Waals surface area contributed by atoms with Gasteiger partial charge >= 0.3 is 0 Å². The van der Waals surface area contributed by atoms with Crippen LogP contribution in [0.2, 0.25) is 0 Å². The lowest BCUT2D eigenvalue weighted by atomic mass is 9.92. The van der Waals surface area contributed by atoms with Gasteiger partial charge in [-0.05, 0) is 89.1 Å². The molecule has 0 saturated carbocycles. The van der Waals surface area contributed by atoms with Crippen LogP contribution in [0.4, 0.5) is 0 Å². The van der Waals surface area contributed by atoms with E-state index in [0.717, 1.165) is 12.8 Å².